The van der Waals surface area contributed by atoms with Crippen LogP contribution < -0.4 is 5.32 Å². The Bertz CT molecular complexity index is 1300. The van der Waals surface area contributed by atoms with Crippen LogP contribution in [0.2, 0.25) is 0 Å². The van der Waals surface area contributed by atoms with Crippen molar-refractivity contribution in [2.75, 3.05) is 25.0 Å². The van der Waals surface area contributed by atoms with Gasteiger partial charge in [-0.15, -0.1) is 0 Å². The highest BCUT2D eigenvalue weighted by Gasteiger charge is 2.30. The highest BCUT2D eigenvalue weighted by molar-refractivity contribution is 5.97. The van der Waals surface area contributed by atoms with E-state index < -0.39 is 6.10 Å². The molecule has 1 atom stereocenters. The number of imidazole rings is 1. The molecule has 31 heavy (non-hydrogen) atoms. The molecule has 9 heteroatoms. The number of morpholine rings is 1. The van der Waals surface area contributed by atoms with Gasteiger partial charge in [-0.1, -0.05) is 6.07 Å². The van der Waals surface area contributed by atoms with Crippen LogP contribution in [0.25, 0.3) is 16.7 Å². The number of aromatic nitrogens is 4. The lowest BCUT2D eigenvalue weighted by molar-refractivity contribution is -0.131. The maximum atomic E-state index is 13.0. The van der Waals surface area contributed by atoms with E-state index in [-0.39, 0.29) is 25.0 Å². The number of carbonyl (C=O) groups excluding carboxylic acids is 2. The fourth-order valence-corrected chi connectivity index (χ4v) is 3.62. The Morgan fingerprint density at radius 2 is 1.94 bits per heavy atom. The van der Waals surface area contributed by atoms with Crippen molar-refractivity contribution in [2.45, 2.75) is 13.0 Å². The Kier molecular flexibility index (Phi) is 4.79. The number of anilines is 1. The number of fused-ring (bicyclic) bond motifs is 2. The Balaban J connectivity index is 1.29. The molecule has 1 aliphatic heterocycles. The molecule has 1 fully saturated rings. The Morgan fingerprint density at radius 3 is 2.81 bits per heavy atom. The molecule has 9 nitrogen and oxygen atoms in total. The van der Waals surface area contributed by atoms with Crippen LogP contribution in [0.3, 0.4) is 0 Å². The summed E-state index contributed by atoms with van der Waals surface area (Å²) in [6.07, 6.45) is 6.08. The lowest BCUT2D eigenvalue weighted by Crippen LogP contribution is -2.50. The summed E-state index contributed by atoms with van der Waals surface area (Å²) in [6, 6.07) is 9.13. The zero-order valence-electron chi connectivity index (χ0n) is 16.9. The first kappa shape index (κ1) is 19.1. The molecule has 0 bridgehead atoms. The summed E-state index contributed by atoms with van der Waals surface area (Å²) >= 11 is 0. The number of nitrogens with zero attached hydrogens (tertiary/aromatic N) is 5. The van der Waals surface area contributed by atoms with Gasteiger partial charge < -0.3 is 19.4 Å². The van der Waals surface area contributed by atoms with Gasteiger partial charge in [0.05, 0.1) is 24.2 Å². The summed E-state index contributed by atoms with van der Waals surface area (Å²) in [7, 11) is 0. The summed E-state index contributed by atoms with van der Waals surface area (Å²) in [5.74, 6) is -0.533. The molecule has 4 aromatic rings. The number of aryl methyl sites for hydroxylation is 1. The first-order valence-corrected chi connectivity index (χ1v) is 9.95. The van der Waals surface area contributed by atoms with Crippen LogP contribution in [0.15, 0.2) is 55.1 Å². The van der Waals surface area contributed by atoms with E-state index in [0.717, 1.165) is 11.1 Å². The van der Waals surface area contributed by atoms with Gasteiger partial charge in [0.1, 0.15) is 11.3 Å². The van der Waals surface area contributed by atoms with Crippen molar-refractivity contribution >= 4 is 34.2 Å². The van der Waals surface area contributed by atoms with Gasteiger partial charge in [0, 0.05) is 37.0 Å². The fourth-order valence-electron chi connectivity index (χ4n) is 3.62. The molecular weight excluding hydrogens is 396 g/mol. The molecule has 1 saturated heterocycles. The molecule has 156 valence electrons. The second-order valence-electron chi connectivity index (χ2n) is 7.46. The lowest BCUT2D eigenvalue weighted by atomic mass is 10.2. The number of ether oxygens (including phenoxy) is 1. The summed E-state index contributed by atoms with van der Waals surface area (Å²) in [5.41, 5.74) is 4.15. The van der Waals surface area contributed by atoms with E-state index in [2.05, 4.69) is 20.3 Å². The van der Waals surface area contributed by atoms with Crippen molar-refractivity contribution in [1.82, 2.24) is 24.3 Å². The molecule has 2 amide bonds. The first-order valence-electron chi connectivity index (χ1n) is 9.95. The largest absolute Gasteiger partial charge is 0.365 e. The van der Waals surface area contributed by atoms with Crippen LogP contribution in [-0.4, -0.2) is 61.9 Å². The lowest BCUT2D eigenvalue weighted by Gasteiger charge is -2.31. The first-order chi connectivity index (χ1) is 15.1. The number of benzene rings is 1. The third-order valence-electron chi connectivity index (χ3n) is 5.20. The quantitative estimate of drug-likeness (QED) is 0.549. The van der Waals surface area contributed by atoms with Gasteiger partial charge in [0.2, 0.25) is 0 Å². The zero-order valence-corrected chi connectivity index (χ0v) is 16.9. The van der Waals surface area contributed by atoms with Crippen molar-refractivity contribution in [3.05, 3.63) is 66.4 Å². The summed E-state index contributed by atoms with van der Waals surface area (Å²) in [6.45, 7) is 2.82. The minimum atomic E-state index is -0.769. The maximum absolute atomic E-state index is 13.0. The van der Waals surface area contributed by atoms with Crippen molar-refractivity contribution in [3.63, 3.8) is 0 Å². The minimum Gasteiger partial charge on any atom is -0.365 e. The molecule has 5 rings (SSSR count). The Labute approximate surface area is 177 Å². The smallest absolute Gasteiger partial charge is 0.274 e. The Hall–Kier alpha value is -3.85. The van der Waals surface area contributed by atoms with Gasteiger partial charge in [0.15, 0.2) is 6.10 Å². The van der Waals surface area contributed by atoms with E-state index in [0.29, 0.717) is 29.1 Å². The standard InChI is InChI=1S/C22H20N6O3/c1-14-2-5-20-26-18(12-28(20)11-14)22(30)27-8-9-31-19(13-27)21(29)25-15-3-4-16-17(10-15)24-7-6-23-16/h2-7,10-12,19H,8-9,13H2,1H3,(H,25,29). The Morgan fingerprint density at radius 1 is 1.10 bits per heavy atom. The molecular formula is C22H20N6O3. The molecule has 1 N–H and O–H groups in total. The van der Waals surface area contributed by atoms with E-state index >= 15 is 0 Å². The predicted molar refractivity (Wildman–Crippen MR) is 114 cm³/mol. The molecule has 4 heterocycles. The van der Waals surface area contributed by atoms with Crippen LogP contribution in [0.5, 0.6) is 0 Å². The monoisotopic (exact) mass is 416 g/mol. The molecule has 0 aliphatic carbocycles. The molecule has 1 aliphatic rings. The van der Waals surface area contributed by atoms with E-state index in [4.69, 9.17) is 4.74 Å². The number of pyridine rings is 1. The summed E-state index contributed by atoms with van der Waals surface area (Å²) in [4.78, 5) is 40.2. The van der Waals surface area contributed by atoms with E-state index in [1.165, 1.54) is 0 Å². The van der Waals surface area contributed by atoms with Crippen LogP contribution in [0.1, 0.15) is 16.1 Å². The van der Waals surface area contributed by atoms with Crippen LogP contribution in [-0.2, 0) is 9.53 Å². The van der Waals surface area contributed by atoms with Crippen molar-refractivity contribution in [1.29, 1.82) is 0 Å². The van der Waals surface area contributed by atoms with E-state index in [9.17, 15) is 9.59 Å². The van der Waals surface area contributed by atoms with Gasteiger partial charge in [-0.3, -0.25) is 19.6 Å². The van der Waals surface area contributed by atoms with Gasteiger partial charge >= 0.3 is 0 Å². The number of nitrogens with one attached hydrogen (secondary N) is 1. The molecule has 0 saturated carbocycles. The highest BCUT2D eigenvalue weighted by Crippen LogP contribution is 2.17. The third-order valence-corrected chi connectivity index (χ3v) is 5.20. The average Bonchev–Trinajstić information content (AvgIpc) is 3.21. The molecule has 1 unspecified atom stereocenters. The summed E-state index contributed by atoms with van der Waals surface area (Å²) in [5, 5.41) is 2.84. The van der Waals surface area contributed by atoms with Crippen LogP contribution in [0.4, 0.5) is 5.69 Å². The maximum Gasteiger partial charge on any atom is 0.274 e. The van der Waals surface area contributed by atoms with E-state index in [1.807, 2.05) is 29.7 Å². The molecule has 0 radical (unpaired) electrons. The second kappa shape index (κ2) is 7.77. The number of hydrogen-bond acceptors (Lipinski definition) is 6. The number of amides is 2. The second-order valence-corrected chi connectivity index (χ2v) is 7.46. The van der Waals surface area contributed by atoms with E-state index in [1.54, 1.807) is 41.7 Å². The van der Waals surface area contributed by atoms with Crippen molar-refractivity contribution in [2.24, 2.45) is 0 Å². The van der Waals surface area contributed by atoms with Gasteiger partial charge in [-0.25, -0.2) is 4.98 Å². The molecule has 3 aromatic heterocycles. The van der Waals surface area contributed by atoms with Crippen molar-refractivity contribution in [3.8, 4) is 0 Å². The minimum absolute atomic E-state index is 0.158. The van der Waals surface area contributed by atoms with Crippen molar-refractivity contribution < 1.29 is 14.3 Å². The summed E-state index contributed by atoms with van der Waals surface area (Å²) < 4.78 is 7.46. The van der Waals surface area contributed by atoms with Gasteiger partial charge in [0.25, 0.3) is 11.8 Å². The molecule has 1 aromatic carbocycles. The number of rotatable bonds is 3. The SMILES string of the molecule is Cc1ccc2nc(C(=O)N3CCOC(C(=O)Nc4ccc5nccnc5c4)C3)cn2c1. The number of carbonyl (C=O) groups is 2. The predicted octanol–water partition coefficient (Wildman–Crippen LogP) is 2.07. The van der Waals surface area contributed by atoms with Gasteiger partial charge in [-0.05, 0) is 36.8 Å². The fraction of sp³-hybridized carbons (Fsp3) is 0.227. The van der Waals surface area contributed by atoms with Crippen LogP contribution >= 0.6 is 0 Å². The molecule has 0 spiro atoms. The average molecular weight is 416 g/mol. The van der Waals surface area contributed by atoms with Crippen LogP contribution in [0, 0.1) is 6.92 Å². The topological polar surface area (TPSA) is 102 Å². The third kappa shape index (κ3) is 3.82. The highest BCUT2D eigenvalue weighted by atomic mass is 16.5. The zero-order chi connectivity index (χ0) is 21.4. The van der Waals surface area contributed by atoms with Gasteiger partial charge in [-0.2, -0.15) is 0 Å². The number of hydrogen-bond donors (Lipinski definition) is 1. The normalized spacial score (nSPS) is 16.5.